The molecule has 0 spiro atoms. The summed E-state index contributed by atoms with van der Waals surface area (Å²) in [5.41, 5.74) is 2.44. The molecular weight excluding hydrogens is 382 g/mol. The molecule has 0 amide bonds. The number of hydrogen-bond donors (Lipinski definition) is 1. The average molecular weight is 404 g/mol. The van der Waals surface area contributed by atoms with Crippen LogP contribution in [0.1, 0.15) is 30.9 Å². The van der Waals surface area contributed by atoms with Crippen molar-refractivity contribution >= 4 is 39.2 Å². The van der Waals surface area contributed by atoms with Gasteiger partial charge < -0.3 is 14.5 Å². The van der Waals surface area contributed by atoms with Crippen molar-refractivity contribution in [1.82, 2.24) is 10.2 Å². The van der Waals surface area contributed by atoms with E-state index in [1.807, 2.05) is 12.1 Å². The Labute approximate surface area is 165 Å². The van der Waals surface area contributed by atoms with Gasteiger partial charge in [-0.05, 0) is 36.5 Å². The molecule has 1 N–H and O–H groups in total. The van der Waals surface area contributed by atoms with E-state index in [0.717, 1.165) is 58.4 Å². The number of thioether (sulfide) groups is 1. The first-order valence-electron chi connectivity index (χ1n) is 9.08. The van der Waals surface area contributed by atoms with Crippen molar-refractivity contribution in [3.63, 3.8) is 0 Å². The summed E-state index contributed by atoms with van der Waals surface area (Å²) in [7, 11) is 0. The molecule has 142 valence electrons. The maximum atomic E-state index is 11.9. The maximum absolute atomic E-state index is 11.9. The minimum Gasteiger partial charge on any atom is -0.423 e. The van der Waals surface area contributed by atoms with E-state index >= 15 is 0 Å². The molecule has 0 saturated carbocycles. The summed E-state index contributed by atoms with van der Waals surface area (Å²) in [5, 5.41) is 13.5. The van der Waals surface area contributed by atoms with Crippen molar-refractivity contribution in [1.29, 1.82) is 0 Å². The van der Waals surface area contributed by atoms with Crippen molar-refractivity contribution in [2.45, 2.75) is 42.4 Å². The highest BCUT2D eigenvalue weighted by Crippen LogP contribution is 2.30. The van der Waals surface area contributed by atoms with Crippen LogP contribution in [0.25, 0.3) is 11.0 Å². The number of nitrogens with one attached hydrogen (secondary N) is 1. The molecule has 27 heavy (non-hydrogen) atoms. The molecule has 2 aromatic heterocycles. The van der Waals surface area contributed by atoms with E-state index in [4.69, 9.17) is 9.15 Å². The molecule has 1 aromatic carbocycles. The fourth-order valence-electron chi connectivity index (χ4n) is 3.10. The number of nitrogens with zero attached hydrogens (tertiary/aromatic N) is 2. The van der Waals surface area contributed by atoms with Crippen LogP contribution >= 0.6 is 23.1 Å². The third-order valence-corrected chi connectivity index (χ3v) is 6.63. The molecule has 4 rings (SSSR count). The first kappa shape index (κ1) is 18.5. The van der Waals surface area contributed by atoms with Gasteiger partial charge in [-0.2, -0.15) is 0 Å². The predicted molar refractivity (Wildman–Crippen MR) is 109 cm³/mol. The summed E-state index contributed by atoms with van der Waals surface area (Å²) in [6.45, 7) is 3.70. The Bertz CT molecular complexity index is 980. The standard InChI is InChI=1S/C19H21N3O3S2/c1-2-12-5-6-15-13(9-17(23)25-16(15)8-12)11-26-19-22-21-18(27-19)20-10-14-4-3-7-24-14/h5-6,8-9,14H,2-4,7,10-11H2,1H3,(H,20,21). The highest BCUT2D eigenvalue weighted by molar-refractivity contribution is 8.00. The molecular formula is C19H21N3O3S2. The van der Waals surface area contributed by atoms with Gasteiger partial charge in [0.1, 0.15) is 5.58 Å². The Morgan fingerprint density at radius 1 is 1.33 bits per heavy atom. The third-order valence-electron chi connectivity index (χ3n) is 4.57. The number of benzene rings is 1. The van der Waals surface area contributed by atoms with Gasteiger partial charge >= 0.3 is 5.63 Å². The Balaban J connectivity index is 1.43. The summed E-state index contributed by atoms with van der Waals surface area (Å²) >= 11 is 3.10. The van der Waals surface area contributed by atoms with Crippen LogP contribution in [0.15, 0.2) is 37.8 Å². The Morgan fingerprint density at radius 2 is 2.26 bits per heavy atom. The molecule has 1 atom stereocenters. The number of anilines is 1. The van der Waals surface area contributed by atoms with E-state index < -0.39 is 0 Å². The van der Waals surface area contributed by atoms with Crippen molar-refractivity contribution < 1.29 is 9.15 Å². The fourth-order valence-corrected chi connectivity index (χ4v) is 4.85. The monoisotopic (exact) mass is 403 g/mol. The number of fused-ring (bicyclic) bond motifs is 1. The lowest BCUT2D eigenvalue weighted by Gasteiger charge is -2.08. The van der Waals surface area contributed by atoms with Crippen LogP contribution in [0.5, 0.6) is 0 Å². The maximum Gasteiger partial charge on any atom is 0.336 e. The normalized spacial score (nSPS) is 16.9. The van der Waals surface area contributed by atoms with Gasteiger partial charge in [0.2, 0.25) is 5.13 Å². The van der Waals surface area contributed by atoms with Crippen LogP contribution in [0.2, 0.25) is 0 Å². The van der Waals surface area contributed by atoms with Gasteiger partial charge in [0.15, 0.2) is 4.34 Å². The number of ether oxygens (including phenoxy) is 1. The third kappa shape index (κ3) is 4.51. The van der Waals surface area contributed by atoms with Crippen LogP contribution in [0, 0.1) is 0 Å². The van der Waals surface area contributed by atoms with E-state index in [2.05, 4.69) is 28.5 Å². The quantitative estimate of drug-likeness (QED) is 0.470. The first-order chi connectivity index (χ1) is 13.2. The second-order valence-corrected chi connectivity index (χ2v) is 8.65. The van der Waals surface area contributed by atoms with Gasteiger partial charge in [-0.15, -0.1) is 10.2 Å². The summed E-state index contributed by atoms with van der Waals surface area (Å²) < 4.78 is 11.8. The molecule has 0 radical (unpaired) electrons. The van der Waals surface area contributed by atoms with E-state index in [1.165, 1.54) is 11.3 Å². The largest absolute Gasteiger partial charge is 0.423 e. The Kier molecular flexibility index (Phi) is 5.75. The second-order valence-electron chi connectivity index (χ2n) is 6.45. The van der Waals surface area contributed by atoms with Crippen LogP contribution in [0.3, 0.4) is 0 Å². The van der Waals surface area contributed by atoms with Crippen LogP contribution in [-0.4, -0.2) is 29.5 Å². The van der Waals surface area contributed by atoms with Gasteiger partial charge in [0.25, 0.3) is 0 Å². The Hall–Kier alpha value is -1.90. The van der Waals surface area contributed by atoms with Crippen molar-refractivity contribution in [3.05, 3.63) is 45.8 Å². The molecule has 3 aromatic rings. The molecule has 0 bridgehead atoms. The molecule has 3 heterocycles. The molecule has 0 aliphatic carbocycles. The summed E-state index contributed by atoms with van der Waals surface area (Å²) in [6.07, 6.45) is 3.40. The summed E-state index contributed by atoms with van der Waals surface area (Å²) in [4.78, 5) is 11.9. The molecule has 1 fully saturated rings. The lowest BCUT2D eigenvalue weighted by atomic mass is 10.1. The first-order valence-corrected chi connectivity index (χ1v) is 10.9. The molecule has 1 unspecified atom stereocenters. The van der Waals surface area contributed by atoms with E-state index in [1.54, 1.807) is 17.8 Å². The van der Waals surface area contributed by atoms with E-state index in [-0.39, 0.29) is 11.7 Å². The zero-order valence-electron chi connectivity index (χ0n) is 15.1. The summed E-state index contributed by atoms with van der Waals surface area (Å²) in [5.74, 6) is 0.647. The molecule has 8 heteroatoms. The summed E-state index contributed by atoms with van der Waals surface area (Å²) in [6, 6.07) is 7.62. The minimum atomic E-state index is -0.317. The highest BCUT2D eigenvalue weighted by Gasteiger charge is 2.16. The number of aryl methyl sites for hydroxylation is 1. The lowest BCUT2D eigenvalue weighted by Crippen LogP contribution is -2.18. The van der Waals surface area contributed by atoms with Crippen molar-refractivity contribution in [3.8, 4) is 0 Å². The van der Waals surface area contributed by atoms with Crippen molar-refractivity contribution in [2.75, 3.05) is 18.5 Å². The fraction of sp³-hybridized carbons (Fsp3) is 0.421. The van der Waals surface area contributed by atoms with Gasteiger partial charge in [-0.25, -0.2) is 4.79 Å². The van der Waals surface area contributed by atoms with E-state index in [9.17, 15) is 4.79 Å². The van der Waals surface area contributed by atoms with E-state index in [0.29, 0.717) is 11.3 Å². The number of rotatable bonds is 7. The van der Waals surface area contributed by atoms with Crippen LogP contribution in [-0.2, 0) is 16.9 Å². The predicted octanol–water partition coefficient (Wildman–Crippen LogP) is 4.09. The van der Waals surface area contributed by atoms with Crippen LogP contribution < -0.4 is 10.9 Å². The molecule has 1 saturated heterocycles. The lowest BCUT2D eigenvalue weighted by molar-refractivity contribution is 0.120. The minimum absolute atomic E-state index is 0.271. The van der Waals surface area contributed by atoms with Gasteiger partial charge in [0, 0.05) is 30.4 Å². The zero-order valence-corrected chi connectivity index (χ0v) is 16.7. The smallest absolute Gasteiger partial charge is 0.336 e. The highest BCUT2D eigenvalue weighted by atomic mass is 32.2. The Morgan fingerprint density at radius 3 is 3.07 bits per heavy atom. The molecule has 1 aliphatic rings. The van der Waals surface area contributed by atoms with Gasteiger partial charge in [0.05, 0.1) is 6.10 Å². The van der Waals surface area contributed by atoms with Gasteiger partial charge in [-0.3, -0.25) is 0 Å². The molecule has 1 aliphatic heterocycles. The average Bonchev–Trinajstić information content (AvgIpc) is 3.35. The molecule has 6 nitrogen and oxygen atoms in total. The van der Waals surface area contributed by atoms with Crippen molar-refractivity contribution in [2.24, 2.45) is 0 Å². The zero-order chi connectivity index (χ0) is 18.6. The SMILES string of the molecule is CCc1ccc2c(CSc3nnc(NCC4CCCO4)s3)cc(=O)oc2c1. The van der Waals surface area contributed by atoms with Gasteiger partial charge in [-0.1, -0.05) is 42.2 Å². The number of hydrogen-bond acceptors (Lipinski definition) is 8. The second kappa shape index (κ2) is 8.41. The van der Waals surface area contributed by atoms with Crippen LogP contribution in [0.4, 0.5) is 5.13 Å². The number of aromatic nitrogens is 2. The topological polar surface area (TPSA) is 77.3 Å².